The molecule has 0 amide bonds. The molecule has 2 aliphatic heterocycles. The quantitative estimate of drug-likeness (QED) is 0.900. The summed E-state index contributed by atoms with van der Waals surface area (Å²) in [6.07, 6.45) is 5.42. The fourth-order valence-corrected chi connectivity index (χ4v) is 5.33. The fourth-order valence-electron chi connectivity index (χ4n) is 5.33. The summed E-state index contributed by atoms with van der Waals surface area (Å²) >= 11 is 0. The minimum atomic E-state index is 0.488. The van der Waals surface area contributed by atoms with Crippen molar-refractivity contribution in [3.8, 4) is 0 Å². The highest BCUT2D eigenvalue weighted by atomic mass is 16.5. The van der Waals surface area contributed by atoms with Gasteiger partial charge in [-0.3, -0.25) is 9.80 Å². The molecule has 0 aromatic heterocycles. The second-order valence-electron chi connectivity index (χ2n) is 8.48. The maximum Gasteiger partial charge on any atom is 0.0619 e. The van der Waals surface area contributed by atoms with E-state index in [1.807, 2.05) is 0 Å². The van der Waals surface area contributed by atoms with Gasteiger partial charge in [-0.15, -0.1) is 0 Å². The van der Waals surface area contributed by atoms with Crippen LogP contribution in [0.15, 0.2) is 24.3 Å². The SMILES string of the molecule is Cc1ccccc1[C@@H]1CN(C2CCC(N3CCOC[C@@H]3C)CC2)CCN1. The Bertz CT molecular complexity index is 585. The van der Waals surface area contributed by atoms with Gasteiger partial charge in [-0.1, -0.05) is 24.3 Å². The zero-order valence-corrected chi connectivity index (χ0v) is 16.5. The first-order valence-corrected chi connectivity index (χ1v) is 10.6. The van der Waals surface area contributed by atoms with Crippen molar-refractivity contribution in [2.75, 3.05) is 39.4 Å². The molecule has 3 fully saturated rings. The van der Waals surface area contributed by atoms with Crippen LogP contribution in [0.5, 0.6) is 0 Å². The lowest BCUT2D eigenvalue weighted by atomic mass is 9.87. The van der Waals surface area contributed by atoms with Gasteiger partial charge >= 0.3 is 0 Å². The Kier molecular flexibility index (Phi) is 5.94. The Labute approximate surface area is 158 Å². The van der Waals surface area contributed by atoms with E-state index in [1.54, 1.807) is 0 Å². The molecule has 26 heavy (non-hydrogen) atoms. The van der Waals surface area contributed by atoms with Crippen molar-refractivity contribution in [2.24, 2.45) is 0 Å². The molecule has 3 aliphatic rings. The van der Waals surface area contributed by atoms with Crippen molar-refractivity contribution in [1.82, 2.24) is 15.1 Å². The van der Waals surface area contributed by atoms with Gasteiger partial charge in [0.1, 0.15) is 0 Å². The molecule has 4 rings (SSSR count). The normalized spacial score (nSPS) is 34.7. The summed E-state index contributed by atoms with van der Waals surface area (Å²) < 4.78 is 5.63. The predicted molar refractivity (Wildman–Crippen MR) is 107 cm³/mol. The number of morpholine rings is 1. The van der Waals surface area contributed by atoms with Crippen LogP contribution in [0.4, 0.5) is 0 Å². The molecule has 0 radical (unpaired) electrons. The van der Waals surface area contributed by atoms with Crippen molar-refractivity contribution in [2.45, 2.75) is 63.7 Å². The number of hydrogen-bond donors (Lipinski definition) is 1. The predicted octanol–water partition coefficient (Wildman–Crippen LogP) is 2.97. The van der Waals surface area contributed by atoms with Crippen molar-refractivity contribution in [3.63, 3.8) is 0 Å². The van der Waals surface area contributed by atoms with Gasteiger partial charge in [-0.05, 0) is 50.7 Å². The first-order valence-electron chi connectivity index (χ1n) is 10.6. The number of aryl methyl sites for hydroxylation is 1. The van der Waals surface area contributed by atoms with Crippen LogP contribution in [0.1, 0.15) is 49.8 Å². The highest BCUT2D eigenvalue weighted by Gasteiger charge is 2.34. The molecule has 1 aliphatic carbocycles. The molecule has 2 saturated heterocycles. The van der Waals surface area contributed by atoms with Crippen molar-refractivity contribution >= 4 is 0 Å². The summed E-state index contributed by atoms with van der Waals surface area (Å²) in [5.74, 6) is 0. The molecule has 0 bridgehead atoms. The van der Waals surface area contributed by atoms with E-state index in [-0.39, 0.29) is 0 Å². The highest BCUT2D eigenvalue weighted by molar-refractivity contribution is 5.29. The van der Waals surface area contributed by atoms with Gasteiger partial charge in [0.05, 0.1) is 13.2 Å². The molecule has 4 nitrogen and oxygen atoms in total. The first kappa shape index (κ1) is 18.4. The topological polar surface area (TPSA) is 27.7 Å². The summed E-state index contributed by atoms with van der Waals surface area (Å²) in [5, 5.41) is 3.75. The van der Waals surface area contributed by atoms with Crippen LogP contribution in [-0.2, 0) is 4.74 Å². The molecule has 1 aromatic carbocycles. The lowest BCUT2D eigenvalue weighted by Gasteiger charge is -2.46. The summed E-state index contributed by atoms with van der Waals surface area (Å²) in [6, 6.07) is 11.5. The number of ether oxygens (including phenoxy) is 1. The molecule has 2 heterocycles. The van der Waals surface area contributed by atoms with Crippen molar-refractivity contribution in [3.05, 3.63) is 35.4 Å². The molecule has 144 valence electrons. The van der Waals surface area contributed by atoms with Crippen LogP contribution < -0.4 is 5.32 Å². The molecule has 1 saturated carbocycles. The van der Waals surface area contributed by atoms with E-state index in [1.165, 1.54) is 43.4 Å². The van der Waals surface area contributed by atoms with Gasteiger partial charge in [0.2, 0.25) is 0 Å². The summed E-state index contributed by atoms with van der Waals surface area (Å²) in [5.41, 5.74) is 2.89. The van der Waals surface area contributed by atoms with E-state index >= 15 is 0 Å². The molecule has 2 atom stereocenters. The lowest BCUT2D eigenvalue weighted by Crippen LogP contribution is -2.54. The second-order valence-corrected chi connectivity index (χ2v) is 8.48. The molecule has 1 N–H and O–H groups in total. The Balaban J connectivity index is 1.33. The van der Waals surface area contributed by atoms with Gasteiger partial charge < -0.3 is 10.1 Å². The van der Waals surface area contributed by atoms with Crippen LogP contribution in [0.25, 0.3) is 0 Å². The highest BCUT2D eigenvalue weighted by Crippen LogP contribution is 2.31. The van der Waals surface area contributed by atoms with Gasteiger partial charge in [-0.2, -0.15) is 0 Å². The lowest BCUT2D eigenvalue weighted by molar-refractivity contribution is -0.0355. The Morgan fingerprint density at radius 2 is 1.81 bits per heavy atom. The average molecular weight is 358 g/mol. The van der Waals surface area contributed by atoms with E-state index in [4.69, 9.17) is 4.74 Å². The summed E-state index contributed by atoms with van der Waals surface area (Å²) in [7, 11) is 0. The van der Waals surface area contributed by atoms with Crippen LogP contribution in [-0.4, -0.2) is 67.3 Å². The third-order valence-electron chi connectivity index (χ3n) is 6.84. The Morgan fingerprint density at radius 3 is 2.58 bits per heavy atom. The number of hydrogen-bond acceptors (Lipinski definition) is 4. The molecular weight excluding hydrogens is 322 g/mol. The third kappa shape index (κ3) is 3.99. The van der Waals surface area contributed by atoms with Gasteiger partial charge in [0, 0.05) is 50.3 Å². The molecule has 1 aromatic rings. The Hall–Kier alpha value is -0.940. The molecular formula is C22H35N3O. The maximum absolute atomic E-state index is 5.63. The minimum absolute atomic E-state index is 0.488. The standard InChI is InChI=1S/C22H35N3O/c1-17-5-3-4-6-21(17)22-15-24(12-11-23-22)19-7-9-20(10-8-19)25-13-14-26-16-18(25)2/h3-6,18-20,22-23H,7-16H2,1-2H3/t18-,19?,20?,22-/m0/s1. The average Bonchev–Trinajstić information content (AvgIpc) is 2.69. The van der Waals surface area contributed by atoms with E-state index < -0.39 is 0 Å². The zero-order valence-electron chi connectivity index (χ0n) is 16.5. The summed E-state index contributed by atoms with van der Waals surface area (Å²) in [4.78, 5) is 5.49. The number of rotatable bonds is 3. The number of nitrogens with one attached hydrogen (secondary N) is 1. The zero-order chi connectivity index (χ0) is 17.9. The summed E-state index contributed by atoms with van der Waals surface area (Å²) in [6.45, 7) is 11.0. The van der Waals surface area contributed by atoms with Gasteiger partial charge in [0.15, 0.2) is 0 Å². The molecule has 0 spiro atoms. The van der Waals surface area contributed by atoms with Crippen LogP contribution in [0.3, 0.4) is 0 Å². The van der Waals surface area contributed by atoms with Crippen molar-refractivity contribution in [1.29, 1.82) is 0 Å². The van der Waals surface area contributed by atoms with E-state index in [9.17, 15) is 0 Å². The third-order valence-corrected chi connectivity index (χ3v) is 6.84. The minimum Gasteiger partial charge on any atom is -0.379 e. The monoisotopic (exact) mass is 357 g/mol. The molecule has 4 heteroatoms. The first-order chi connectivity index (χ1) is 12.7. The van der Waals surface area contributed by atoms with E-state index in [0.717, 1.165) is 44.9 Å². The number of nitrogens with zero attached hydrogens (tertiary/aromatic N) is 2. The van der Waals surface area contributed by atoms with Crippen LogP contribution >= 0.6 is 0 Å². The van der Waals surface area contributed by atoms with Gasteiger partial charge in [-0.25, -0.2) is 0 Å². The molecule has 0 unspecified atom stereocenters. The maximum atomic E-state index is 5.63. The van der Waals surface area contributed by atoms with Crippen LogP contribution in [0, 0.1) is 6.92 Å². The fraction of sp³-hybridized carbons (Fsp3) is 0.727. The smallest absolute Gasteiger partial charge is 0.0619 e. The Morgan fingerprint density at radius 1 is 1.04 bits per heavy atom. The van der Waals surface area contributed by atoms with Crippen LogP contribution in [0.2, 0.25) is 0 Å². The second kappa shape index (κ2) is 8.39. The van der Waals surface area contributed by atoms with Crippen molar-refractivity contribution < 1.29 is 4.74 Å². The number of benzene rings is 1. The van der Waals surface area contributed by atoms with E-state index in [0.29, 0.717) is 12.1 Å². The van der Waals surface area contributed by atoms with Gasteiger partial charge in [0.25, 0.3) is 0 Å². The van der Waals surface area contributed by atoms with E-state index in [2.05, 4.69) is 53.2 Å². The largest absolute Gasteiger partial charge is 0.379 e. The number of piperazine rings is 1.